The van der Waals surface area contributed by atoms with Crippen molar-refractivity contribution in [3.63, 3.8) is 0 Å². The Morgan fingerprint density at radius 3 is 0.714 bits per heavy atom. The first-order chi connectivity index (χ1) is 9.32. The van der Waals surface area contributed by atoms with Gasteiger partial charge in [-0.15, -0.1) is 0 Å². The highest BCUT2D eigenvalue weighted by atomic mass is 31.2. The highest BCUT2D eigenvalue weighted by molar-refractivity contribution is 7.49. The molecule has 1 heterocycles. The van der Waals surface area contributed by atoms with Crippen molar-refractivity contribution < 1.29 is 43.1 Å². The van der Waals surface area contributed by atoms with Crippen molar-refractivity contribution in [1.82, 2.24) is 14.0 Å². The zero-order chi connectivity index (χ0) is 16.5. The first kappa shape index (κ1) is 19.4. The quantitative estimate of drug-likeness (QED) is 0.307. The third-order valence-corrected chi connectivity index (χ3v) is 6.36. The first-order valence-electron chi connectivity index (χ1n) is 5.75. The summed E-state index contributed by atoms with van der Waals surface area (Å²) in [5.74, 6) is 0. The lowest BCUT2D eigenvalue weighted by Gasteiger charge is -2.25. The molecule has 1 rings (SSSR count). The van der Waals surface area contributed by atoms with E-state index in [-0.39, 0.29) is 39.3 Å². The molecule has 21 heavy (non-hydrogen) atoms. The highest BCUT2D eigenvalue weighted by Crippen LogP contribution is 2.45. The van der Waals surface area contributed by atoms with Gasteiger partial charge in [0.25, 0.3) is 0 Å². The number of hydrogen-bond acceptors (Lipinski definition) is 3. The topological polar surface area (TPSA) is 182 Å². The summed E-state index contributed by atoms with van der Waals surface area (Å²) in [7, 11) is -14.1. The lowest BCUT2D eigenvalue weighted by molar-refractivity contribution is 0.240. The Morgan fingerprint density at radius 2 is 0.619 bits per heavy atom. The molecule has 0 aromatic carbocycles. The van der Waals surface area contributed by atoms with Gasteiger partial charge < -0.3 is 29.4 Å². The minimum Gasteiger partial charge on any atom is -0.312 e. The summed E-state index contributed by atoms with van der Waals surface area (Å²) in [5, 5.41) is 0. The Hall–Kier alpha value is 0.330. The first-order valence-corrected chi connectivity index (χ1v) is 10.4. The van der Waals surface area contributed by atoms with Crippen LogP contribution in [0.2, 0.25) is 0 Å². The Morgan fingerprint density at radius 1 is 0.476 bits per heavy atom. The summed E-state index contributed by atoms with van der Waals surface area (Å²) in [6, 6.07) is 0. The molecule has 1 aliphatic rings. The van der Waals surface area contributed by atoms with Crippen molar-refractivity contribution in [2.75, 3.05) is 39.3 Å². The van der Waals surface area contributed by atoms with Crippen LogP contribution >= 0.6 is 23.2 Å². The number of hydrogen-bond donors (Lipinski definition) is 6. The van der Waals surface area contributed by atoms with Gasteiger partial charge in [-0.1, -0.05) is 0 Å². The van der Waals surface area contributed by atoms with Crippen LogP contribution in [0.3, 0.4) is 0 Å². The van der Waals surface area contributed by atoms with Gasteiger partial charge in [-0.2, -0.15) is 0 Å². The highest BCUT2D eigenvalue weighted by Gasteiger charge is 2.35. The summed E-state index contributed by atoms with van der Waals surface area (Å²) in [6.07, 6.45) is 0. The van der Waals surface area contributed by atoms with Crippen molar-refractivity contribution in [2.24, 2.45) is 0 Å². The second kappa shape index (κ2) is 6.84. The van der Waals surface area contributed by atoms with Crippen LogP contribution in [-0.4, -0.2) is 82.6 Å². The third-order valence-electron chi connectivity index (χ3n) is 2.95. The Bertz CT molecular complexity index is 414. The normalized spacial score (nSPS) is 22.6. The van der Waals surface area contributed by atoms with E-state index < -0.39 is 23.2 Å². The van der Waals surface area contributed by atoms with Crippen LogP contribution in [0.4, 0.5) is 0 Å². The van der Waals surface area contributed by atoms with E-state index in [0.29, 0.717) is 14.0 Å². The maximum absolute atomic E-state index is 11.3. The molecule has 1 fully saturated rings. The fraction of sp³-hybridized carbons (Fsp3) is 1.00. The molecule has 12 nitrogen and oxygen atoms in total. The van der Waals surface area contributed by atoms with Gasteiger partial charge in [-0.05, 0) is 0 Å². The number of rotatable bonds is 3. The van der Waals surface area contributed by atoms with Crippen molar-refractivity contribution >= 4 is 23.2 Å². The molecule has 0 amide bonds. The largest absolute Gasteiger partial charge is 0.403 e. The molecule has 126 valence electrons. The van der Waals surface area contributed by atoms with Crippen LogP contribution in [0, 0.1) is 0 Å². The molecular formula is C6H18N3O9P3. The molecule has 1 saturated heterocycles. The average molecular weight is 369 g/mol. The lowest BCUT2D eigenvalue weighted by Crippen LogP contribution is -2.32. The monoisotopic (exact) mass is 369 g/mol. The predicted octanol–water partition coefficient (Wildman–Crippen LogP) is -1.82. The second-order valence-electron chi connectivity index (χ2n) is 4.40. The van der Waals surface area contributed by atoms with Crippen LogP contribution in [0.15, 0.2) is 0 Å². The van der Waals surface area contributed by atoms with E-state index in [1.807, 2.05) is 0 Å². The van der Waals surface area contributed by atoms with Crippen LogP contribution in [-0.2, 0) is 13.7 Å². The van der Waals surface area contributed by atoms with Gasteiger partial charge in [0.05, 0.1) is 0 Å². The van der Waals surface area contributed by atoms with Crippen molar-refractivity contribution in [2.45, 2.75) is 0 Å². The average Bonchev–Trinajstić information content (AvgIpc) is 2.34. The molecule has 0 unspecified atom stereocenters. The van der Waals surface area contributed by atoms with Crippen LogP contribution in [0.5, 0.6) is 0 Å². The van der Waals surface area contributed by atoms with Crippen LogP contribution in [0.1, 0.15) is 0 Å². The Balaban J connectivity index is 3.01. The number of nitrogens with zero attached hydrogens (tertiary/aromatic N) is 3. The van der Waals surface area contributed by atoms with E-state index in [2.05, 4.69) is 0 Å². The molecule has 0 spiro atoms. The standard InChI is InChI=1S/C6H18N3O9P3/c10-19(11,12)7-1-2-8(20(13,14)15)5-6-9(4-3-7)21(16,17)18/h1-6H2,(H2,10,11,12)(H2,13,14,15)(H2,16,17,18). The maximum Gasteiger partial charge on any atom is 0.403 e. The zero-order valence-corrected chi connectivity index (χ0v) is 13.5. The van der Waals surface area contributed by atoms with Crippen LogP contribution in [0.25, 0.3) is 0 Å². The molecule has 0 atom stereocenters. The molecule has 0 saturated carbocycles. The van der Waals surface area contributed by atoms with Gasteiger partial charge in [0.2, 0.25) is 0 Å². The minimum atomic E-state index is -4.69. The van der Waals surface area contributed by atoms with E-state index >= 15 is 0 Å². The second-order valence-corrected chi connectivity index (χ2v) is 9.18. The minimum absolute atomic E-state index is 0.343. The van der Waals surface area contributed by atoms with Crippen molar-refractivity contribution in [3.05, 3.63) is 0 Å². The van der Waals surface area contributed by atoms with Crippen molar-refractivity contribution in [1.29, 1.82) is 0 Å². The maximum atomic E-state index is 11.3. The Kier molecular flexibility index (Phi) is 6.31. The molecule has 15 heteroatoms. The van der Waals surface area contributed by atoms with Gasteiger partial charge in [-0.25, -0.2) is 27.7 Å². The summed E-state index contributed by atoms with van der Waals surface area (Å²) >= 11 is 0. The van der Waals surface area contributed by atoms with Gasteiger partial charge in [0.1, 0.15) is 0 Å². The predicted molar refractivity (Wildman–Crippen MR) is 70.9 cm³/mol. The van der Waals surface area contributed by atoms with E-state index in [0.717, 1.165) is 0 Å². The fourth-order valence-corrected chi connectivity index (χ4v) is 3.91. The zero-order valence-electron chi connectivity index (χ0n) is 10.8. The summed E-state index contributed by atoms with van der Waals surface area (Å²) in [5.41, 5.74) is 0. The van der Waals surface area contributed by atoms with Gasteiger partial charge in [0, 0.05) is 39.3 Å². The van der Waals surface area contributed by atoms with Crippen LogP contribution < -0.4 is 0 Å². The molecule has 6 N–H and O–H groups in total. The summed E-state index contributed by atoms with van der Waals surface area (Å²) in [4.78, 5) is 54.8. The lowest BCUT2D eigenvalue weighted by atomic mass is 10.5. The molecule has 0 bridgehead atoms. The van der Waals surface area contributed by atoms with Gasteiger partial charge in [-0.3, -0.25) is 0 Å². The van der Waals surface area contributed by atoms with Gasteiger partial charge >= 0.3 is 23.2 Å². The Labute approximate surface area is 120 Å². The molecule has 0 aliphatic carbocycles. The molecule has 0 aromatic rings. The van der Waals surface area contributed by atoms with Crippen molar-refractivity contribution in [3.8, 4) is 0 Å². The van der Waals surface area contributed by atoms with E-state index in [1.54, 1.807) is 0 Å². The smallest absolute Gasteiger partial charge is 0.312 e. The van der Waals surface area contributed by atoms with E-state index in [9.17, 15) is 13.7 Å². The summed E-state index contributed by atoms with van der Waals surface area (Å²) in [6.45, 7) is -2.06. The molecular weight excluding hydrogens is 351 g/mol. The van der Waals surface area contributed by atoms with Gasteiger partial charge in [0.15, 0.2) is 0 Å². The molecule has 1 aliphatic heterocycles. The van der Waals surface area contributed by atoms with E-state index in [4.69, 9.17) is 29.4 Å². The van der Waals surface area contributed by atoms with E-state index in [1.165, 1.54) is 0 Å². The fourth-order valence-electron chi connectivity index (χ4n) is 1.81. The third kappa shape index (κ3) is 6.15. The molecule has 0 aromatic heterocycles. The summed E-state index contributed by atoms with van der Waals surface area (Å²) < 4.78 is 35.7. The molecule has 0 radical (unpaired) electrons. The SMILES string of the molecule is O=P(O)(O)N1CCN(P(=O)(O)O)CCN(P(=O)(O)O)CC1.